The van der Waals surface area contributed by atoms with Crippen molar-refractivity contribution in [1.29, 1.82) is 0 Å². The summed E-state index contributed by atoms with van der Waals surface area (Å²) in [5, 5.41) is 12.7. The third kappa shape index (κ3) is 9.14. The highest BCUT2D eigenvalue weighted by molar-refractivity contribution is 5.74. The summed E-state index contributed by atoms with van der Waals surface area (Å²) in [4.78, 5) is 26.5. The van der Waals surface area contributed by atoms with Crippen LogP contribution < -0.4 is 5.32 Å². The Morgan fingerprint density at radius 3 is 2.46 bits per heavy atom. The number of nitrogens with zero attached hydrogens (tertiary/aromatic N) is 1. The first kappa shape index (κ1) is 27.5. The minimum atomic E-state index is -0.721. The lowest BCUT2D eigenvalue weighted by Crippen LogP contribution is -2.46. The van der Waals surface area contributed by atoms with Crippen molar-refractivity contribution in [2.75, 3.05) is 13.2 Å². The number of carboxylic acids is 1. The molecule has 2 fully saturated rings. The summed E-state index contributed by atoms with van der Waals surface area (Å²) in [6, 6.07) is 8.68. The van der Waals surface area contributed by atoms with Gasteiger partial charge in [-0.2, -0.15) is 0 Å². The molecule has 0 aliphatic heterocycles. The number of hydrogen-bond acceptors (Lipinski definition) is 3. The lowest BCUT2D eigenvalue weighted by atomic mass is 9.79. The van der Waals surface area contributed by atoms with Gasteiger partial charge < -0.3 is 20.1 Å². The van der Waals surface area contributed by atoms with Crippen molar-refractivity contribution in [3.05, 3.63) is 35.4 Å². The van der Waals surface area contributed by atoms with Crippen LogP contribution in [0.3, 0.4) is 0 Å². The van der Waals surface area contributed by atoms with E-state index in [0.29, 0.717) is 32.0 Å². The topological polar surface area (TPSA) is 78.9 Å². The van der Waals surface area contributed by atoms with Crippen LogP contribution in [0.25, 0.3) is 0 Å². The van der Waals surface area contributed by atoms with Crippen molar-refractivity contribution in [2.45, 2.75) is 110 Å². The number of carbonyl (C=O) groups is 2. The van der Waals surface area contributed by atoms with Gasteiger partial charge in [0.05, 0.1) is 18.1 Å². The minimum Gasteiger partial charge on any atom is -0.481 e. The molecule has 0 heterocycles. The van der Waals surface area contributed by atoms with Crippen LogP contribution in [-0.2, 0) is 16.1 Å². The number of amides is 2. The molecule has 0 spiro atoms. The molecule has 0 bridgehead atoms. The molecule has 196 valence electrons. The second kappa shape index (κ2) is 13.3. The molecule has 1 aromatic carbocycles. The van der Waals surface area contributed by atoms with Gasteiger partial charge >= 0.3 is 12.0 Å². The van der Waals surface area contributed by atoms with Crippen LogP contribution >= 0.6 is 0 Å². The number of ether oxygens (including phenoxy) is 1. The zero-order chi connectivity index (χ0) is 25.3. The molecular formula is C29H46N2O4. The average Bonchev–Trinajstić information content (AvgIpc) is 2.84. The monoisotopic (exact) mass is 486 g/mol. The Kier molecular flexibility index (Phi) is 10.4. The van der Waals surface area contributed by atoms with Crippen LogP contribution in [0, 0.1) is 18.3 Å². The maximum absolute atomic E-state index is 13.2. The molecule has 2 atom stereocenters. The number of urea groups is 1. The van der Waals surface area contributed by atoms with Crippen molar-refractivity contribution in [3.63, 3.8) is 0 Å². The van der Waals surface area contributed by atoms with Crippen molar-refractivity contribution < 1.29 is 19.4 Å². The highest BCUT2D eigenvalue weighted by Gasteiger charge is 2.30. The van der Waals surface area contributed by atoms with E-state index in [0.717, 1.165) is 50.5 Å². The van der Waals surface area contributed by atoms with Crippen LogP contribution in [-0.4, -0.2) is 47.3 Å². The molecule has 0 aromatic heterocycles. The first-order chi connectivity index (χ1) is 16.7. The van der Waals surface area contributed by atoms with E-state index in [9.17, 15) is 14.7 Å². The summed E-state index contributed by atoms with van der Waals surface area (Å²) in [5.41, 5.74) is 1.68. The number of benzene rings is 1. The molecule has 6 nitrogen and oxygen atoms in total. The normalized spacial score (nSPS) is 21.5. The molecular weight excluding hydrogens is 440 g/mol. The number of hydrogen-bond donors (Lipinski definition) is 2. The largest absolute Gasteiger partial charge is 0.481 e. The van der Waals surface area contributed by atoms with Gasteiger partial charge in [0.15, 0.2) is 0 Å². The maximum Gasteiger partial charge on any atom is 0.317 e. The van der Waals surface area contributed by atoms with E-state index < -0.39 is 11.4 Å². The van der Waals surface area contributed by atoms with Gasteiger partial charge in [-0.05, 0) is 70.8 Å². The number of carbonyl (C=O) groups excluding carboxylic acids is 1. The second-order valence-electron chi connectivity index (χ2n) is 11.4. The van der Waals surface area contributed by atoms with Crippen molar-refractivity contribution in [1.82, 2.24) is 10.2 Å². The third-order valence-corrected chi connectivity index (χ3v) is 7.92. The van der Waals surface area contributed by atoms with Crippen LogP contribution in [0.15, 0.2) is 24.3 Å². The Hall–Kier alpha value is -2.08. The van der Waals surface area contributed by atoms with Crippen molar-refractivity contribution in [2.24, 2.45) is 11.3 Å². The van der Waals surface area contributed by atoms with Crippen LogP contribution in [0.5, 0.6) is 0 Å². The van der Waals surface area contributed by atoms with Gasteiger partial charge in [-0.1, -0.05) is 61.9 Å². The van der Waals surface area contributed by atoms with Crippen LogP contribution in [0.4, 0.5) is 4.79 Å². The summed E-state index contributed by atoms with van der Waals surface area (Å²) in [5.74, 6) is -0.202. The molecule has 35 heavy (non-hydrogen) atoms. The van der Waals surface area contributed by atoms with Gasteiger partial charge in [-0.25, -0.2) is 4.79 Å². The zero-order valence-electron chi connectivity index (χ0n) is 22.1. The summed E-state index contributed by atoms with van der Waals surface area (Å²) in [6.07, 6.45) is 11.9. The third-order valence-electron chi connectivity index (χ3n) is 7.92. The molecule has 2 N–H and O–H groups in total. The number of aliphatic carboxylic acids is 1. The van der Waals surface area contributed by atoms with Gasteiger partial charge in [0.2, 0.25) is 0 Å². The lowest BCUT2D eigenvalue weighted by Gasteiger charge is -2.32. The molecule has 1 aromatic rings. The Labute approximate surface area is 211 Å². The van der Waals surface area contributed by atoms with E-state index in [1.807, 2.05) is 18.7 Å². The highest BCUT2D eigenvalue weighted by Crippen LogP contribution is 2.33. The van der Waals surface area contributed by atoms with E-state index in [1.165, 1.54) is 24.8 Å². The number of rotatable bonds is 11. The minimum absolute atomic E-state index is 0.0125. The Balaban J connectivity index is 1.50. The summed E-state index contributed by atoms with van der Waals surface area (Å²) >= 11 is 0. The van der Waals surface area contributed by atoms with Gasteiger partial charge in [-0.3, -0.25) is 4.79 Å². The predicted octanol–water partition coefficient (Wildman–Crippen LogP) is 6.31. The number of aryl methyl sites for hydroxylation is 1. The fraction of sp³-hybridized carbons (Fsp3) is 0.724. The van der Waals surface area contributed by atoms with Crippen molar-refractivity contribution in [3.8, 4) is 0 Å². The Morgan fingerprint density at radius 2 is 1.77 bits per heavy atom. The molecule has 2 aliphatic carbocycles. The molecule has 6 heteroatoms. The first-order valence-electron chi connectivity index (χ1n) is 13.7. The number of carboxylic acid groups (broad SMARTS) is 1. The van der Waals surface area contributed by atoms with Crippen LogP contribution in [0.2, 0.25) is 0 Å². The molecule has 3 rings (SSSR count). The lowest BCUT2D eigenvalue weighted by molar-refractivity contribution is -0.147. The van der Waals surface area contributed by atoms with E-state index in [-0.39, 0.29) is 18.2 Å². The molecule has 2 aliphatic rings. The number of nitrogens with one attached hydrogen (secondary N) is 1. The van der Waals surface area contributed by atoms with Crippen molar-refractivity contribution >= 4 is 12.0 Å². The smallest absolute Gasteiger partial charge is 0.317 e. The Bertz CT molecular complexity index is 801. The van der Waals surface area contributed by atoms with E-state index in [2.05, 4.69) is 36.5 Å². The van der Waals surface area contributed by atoms with Gasteiger partial charge in [0.25, 0.3) is 0 Å². The van der Waals surface area contributed by atoms with Gasteiger partial charge in [0, 0.05) is 19.1 Å². The van der Waals surface area contributed by atoms with E-state index in [1.54, 1.807) is 0 Å². The summed E-state index contributed by atoms with van der Waals surface area (Å²) < 4.78 is 6.28. The molecule has 0 radical (unpaired) electrons. The average molecular weight is 487 g/mol. The summed E-state index contributed by atoms with van der Waals surface area (Å²) in [6.45, 7) is 7.38. The molecule has 2 saturated carbocycles. The fourth-order valence-electron chi connectivity index (χ4n) is 5.34. The second-order valence-corrected chi connectivity index (χ2v) is 11.4. The zero-order valence-corrected chi connectivity index (χ0v) is 22.1. The molecule has 0 saturated heterocycles. The van der Waals surface area contributed by atoms with Crippen LogP contribution in [0.1, 0.15) is 95.6 Å². The quantitative estimate of drug-likeness (QED) is 0.384. The predicted molar refractivity (Wildman–Crippen MR) is 139 cm³/mol. The SMILES string of the molecule is Cc1ccc(CN(CCO[C@@H]2CCC[C@H](CCC(C)(C)C(=O)O)C2)C(=O)NC2CCCCC2)cc1. The molecule has 2 amide bonds. The van der Waals surface area contributed by atoms with E-state index in [4.69, 9.17) is 4.74 Å². The first-order valence-corrected chi connectivity index (χ1v) is 13.7. The summed E-state index contributed by atoms with van der Waals surface area (Å²) in [7, 11) is 0. The standard InChI is InChI=1S/C29H46N2O4/c1-22-12-14-24(15-13-22)21-31(28(34)30-25-9-5-4-6-10-25)18-19-35-26-11-7-8-23(20-26)16-17-29(2,3)27(32)33/h12-15,23,25-26H,4-11,16-21H2,1-3H3,(H,30,34)(H,32,33)/t23-,26-/m1/s1. The van der Waals surface area contributed by atoms with Gasteiger partial charge in [-0.15, -0.1) is 0 Å². The Morgan fingerprint density at radius 1 is 1.06 bits per heavy atom. The molecule has 0 unspecified atom stereocenters. The fourth-order valence-corrected chi connectivity index (χ4v) is 5.34. The van der Waals surface area contributed by atoms with Gasteiger partial charge in [0.1, 0.15) is 0 Å². The highest BCUT2D eigenvalue weighted by atomic mass is 16.5. The maximum atomic E-state index is 13.2. The van der Waals surface area contributed by atoms with E-state index >= 15 is 0 Å².